The average Bonchev–Trinajstić information content (AvgIpc) is 2.96. The van der Waals surface area contributed by atoms with E-state index in [0.29, 0.717) is 18.7 Å². The van der Waals surface area contributed by atoms with Crippen LogP contribution in [0.3, 0.4) is 0 Å². The molecule has 2 aromatic rings. The molecule has 104 valence electrons. The molecular formula is C13H12BrN3O3. The van der Waals surface area contributed by atoms with E-state index in [2.05, 4.69) is 26.0 Å². The first-order valence-corrected chi connectivity index (χ1v) is 7.14. The zero-order valence-electron chi connectivity index (χ0n) is 10.8. The molecule has 1 saturated carbocycles. The van der Waals surface area contributed by atoms with Crippen LogP contribution in [-0.2, 0) is 15.1 Å². The third-order valence-corrected chi connectivity index (χ3v) is 4.75. The van der Waals surface area contributed by atoms with E-state index in [1.165, 1.54) is 0 Å². The maximum Gasteiger partial charge on any atom is 0.312 e. The summed E-state index contributed by atoms with van der Waals surface area (Å²) in [5.41, 5.74) is 0.452. The van der Waals surface area contributed by atoms with Crippen LogP contribution in [0, 0.1) is 12.3 Å². The Labute approximate surface area is 122 Å². The summed E-state index contributed by atoms with van der Waals surface area (Å²) in [6.07, 6.45) is 2.77. The van der Waals surface area contributed by atoms with Crippen molar-refractivity contribution in [2.24, 2.45) is 5.41 Å². The number of halogens is 1. The van der Waals surface area contributed by atoms with Gasteiger partial charge in [-0.25, -0.2) is 9.50 Å². The van der Waals surface area contributed by atoms with Gasteiger partial charge in [-0.2, -0.15) is 0 Å². The lowest BCUT2D eigenvalue weighted by Crippen LogP contribution is -2.47. The number of aliphatic carboxylic acids is 1. The van der Waals surface area contributed by atoms with Crippen molar-refractivity contribution < 1.29 is 14.6 Å². The highest BCUT2D eigenvalue weighted by molar-refractivity contribution is 9.10. The summed E-state index contributed by atoms with van der Waals surface area (Å²) in [7, 11) is 0. The molecular weight excluding hydrogens is 326 g/mol. The van der Waals surface area contributed by atoms with Crippen molar-refractivity contribution in [1.82, 2.24) is 14.6 Å². The summed E-state index contributed by atoms with van der Waals surface area (Å²) in [5, 5.41) is 13.7. The van der Waals surface area contributed by atoms with Crippen LogP contribution in [0.5, 0.6) is 0 Å². The molecule has 5 rings (SSSR count). The monoisotopic (exact) mass is 337 g/mol. The van der Waals surface area contributed by atoms with E-state index in [9.17, 15) is 9.90 Å². The second-order valence-electron chi connectivity index (χ2n) is 5.77. The Hall–Kier alpha value is -1.47. The maximum absolute atomic E-state index is 11.3. The number of carboxylic acid groups (broad SMARTS) is 1. The summed E-state index contributed by atoms with van der Waals surface area (Å²) in [6.45, 7) is 2.22. The molecule has 2 aliphatic heterocycles. The number of aryl methyl sites for hydroxylation is 1. The van der Waals surface area contributed by atoms with Crippen molar-refractivity contribution in [2.75, 3.05) is 6.61 Å². The number of carbonyl (C=O) groups is 1. The van der Waals surface area contributed by atoms with Crippen LogP contribution in [0.1, 0.15) is 24.2 Å². The lowest BCUT2D eigenvalue weighted by Gasteiger charge is -2.39. The lowest BCUT2D eigenvalue weighted by molar-refractivity contribution is -0.154. The van der Waals surface area contributed by atoms with Gasteiger partial charge in [0.25, 0.3) is 0 Å². The van der Waals surface area contributed by atoms with Crippen LogP contribution in [0.15, 0.2) is 16.7 Å². The number of fused-ring (bicyclic) bond motifs is 2. The van der Waals surface area contributed by atoms with E-state index in [4.69, 9.17) is 4.74 Å². The number of nitrogens with zero attached hydrogens (tertiary/aromatic N) is 3. The smallest absolute Gasteiger partial charge is 0.312 e. The largest absolute Gasteiger partial charge is 0.481 e. The van der Waals surface area contributed by atoms with Gasteiger partial charge < -0.3 is 9.84 Å². The normalized spacial score (nSPS) is 31.5. The highest BCUT2D eigenvalue weighted by Crippen LogP contribution is 2.62. The number of ether oxygens (including phenoxy) is 1. The molecule has 20 heavy (non-hydrogen) atoms. The summed E-state index contributed by atoms with van der Waals surface area (Å²) >= 11 is 3.43. The van der Waals surface area contributed by atoms with Crippen LogP contribution in [0.4, 0.5) is 0 Å². The van der Waals surface area contributed by atoms with E-state index in [1.807, 2.05) is 19.2 Å². The van der Waals surface area contributed by atoms with Gasteiger partial charge in [0, 0.05) is 23.5 Å². The predicted molar refractivity (Wildman–Crippen MR) is 72.4 cm³/mol. The Kier molecular flexibility index (Phi) is 2.20. The Morgan fingerprint density at radius 1 is 1.55 bits per heavy atom. The van der Waals surface area contributed by atoms with Crippen LogP contribution in [0.25, 0.3) is 5.65 Å². The first-order valence-electron chi connectivity index (χ1n) is 6.35. The molecule has 1 aliphatic carbocycles. The summed E-state index contributed by atoms with van der Waals surface area (Å²) in [6, 6.07) is 1.98. The third kappa shape index (κ3) is 1.39. The summed E-state index contributed by atoms with van der Waals surface area (Å²) in [5.74, 6) is -0.193. The molecule has 6 nitrogen and oxygen atoms in total. The number of rotatable bonds is 2. The maximum atomic E-state index is 11.3. The van der Waals surface area contributed by atoms with Crippen molar-refractivity contribution in [3.8, 4) is 0 Å². The minimum atomic E-state index is -0.784. The number of carboxylic acids is 1. The Morgan fingerprint density at radius 2 is 2.30 bits per heavy atom. The van der Waals surface area contributed by atoms with Gasteiger partial charge in [0.2, 0.25) is 0 Å². The SMILES string of the molecule is Cc1cc(Br)cn2nc(C34CC(C(=O)O)(CO3)C4)nc12. The fourth-order valence-corrected chi connectivity index (χ4v) is 3.80. The molecule has 2 saturated heterocycles. The molecule has 0 spiro atoms. The Balaban J connectivity index is 1.78. The van der Waals surface area contributed by atoms with E-state index in [1.54, 1.807) is 4.52 Å². The molecule has 1 N–H and O–H groups in total. The van der Waals surface area contributed by atoms with Crippen molar-refractivity contribution in [2.45, 2.75) is 25.4 Å². The molecule has 0 atom stereocenters. The molecule has 0 aromatic carbocycles. The van der Waals surface area contributed by atoms with Crippen LogP contribution in [0.2, 0.25) is 0 Å². The molecule has 0 radical (unpaired) electrons. The van der Waals surface area contributed by atoms with Gasteiger partial charge >= 0.3 is 5.97 Å². The quantitative estimate of drug-likeness (QED) is 0.905. The third-order valence-electron chi connectivity index (χ3n) is 4.32. The molecule has 2 bridgehead atoms. The standard InChI is InChI=1S/C13H12BrN3O3/c1-7-2-8(14)3-17-9(7)15-10(16-17)13-4-12(5-13,6-20-13)11(18)19/h2-3H,4-6H2,1H3,(H,18,19). The van der Waals surface area contributed by atoms with Crippen LogP contribution < -0.4 is 0 Å². The van der Waals surface area contributed by atoms with E-state index < -0.39 is 17.0 Å². The number of hydrogen-bond acceptors (Lipinski definition) is 4. The highest BCUT2D eigenvalue weighted by Gasteiger charge is 2.69. The van der Waals surface area contributed by atoms with Crippen molar-refractivity contribution in [1.29, 1.82) is 0 Å². The summed E-state index contributed by atoms with van der Waals surface area (Å²) < 4.78 is 8.38. The Bertz CT molecular complexity index is 749. The molecule has 7 heteroatoms. The molecule has 3 fully saturated rings. The minimum Gasteiger partial charge on any atom is -0.481 e. The second-order valence-corrected chi connectivity index (χ2v) is 6.68. The van der Waals surface area contributed by atoms with E-state index in [-0.39, 0.29) is 6.61 Å². The first-order chi connectivity index (χ1) is 9.44. The first kappa shape index (κ1) is 12.3. The number of aromatic nitrogens is 3. The second kappa shape index (κ2) is 3.59. The zero-order chi connectivity index (χ0) is 14.1. The van der Waals surface area contributed by atoms with Crippen molar-refractivity contribution in [3.63, 3.8) is 0 Å². The van der Waals surface area contributed by atoms with Crippen LogP contribution >= 0.6 is 15.9 Å². The topological polar surface area (TPSA) is 76.7 Å². The van der Waals surface area contributed by atoms with Gasteiger partial charge in [-0.1, -0.05) is 0 Å². The molecule has 3 aliphatic rings. The minimum absolute atomic E-state index is 0.251. The highest BCUT2D eigenvalue weighted by atomic mass is 79.9. The van der Waals surface area contributed by atoms with E-state index in [0.717, 1.165) is 15.7 Å². The number of hydrogen-bond donors (Lipinski definition) is 1. The van der Waals surface area contributed by atoms with E-state index >= 15 is 0 Å². The van der Waals surface area contributed by atoms with Crippen LogP contribution in [-0.4, -0.2) is 32.3 Å². The molecule has 4 heterocycles. The van der Waals surface area contributed by atoms with Gasteiger partial charge in [0.05, 0.1) is 12.0 Å². The lowest BCUT2D eigenvalue weighted by atomic mass is 9.62. The zero-order valence-corrected chi connectivity index (χ0v) is 12.3. The fraction of sp³-hybridized carbons (Fsp3) is 0.462. The van der Waals surface area contributed by atoms with Gasteiger partial charge in [0.15, 0.2) is 11.5 Å². The molecule has 0 amide bonds. The van der Waals surface area contributed by atoms with Crippen molar-refractivity contribution >= 4 is 27.5 Å². The Morgan fingerprint density at radius 3 is 2.95 bits per heavy atom. The van der Waals surface area contributed by atoms with Gasteiger partial charge in [-0.3, -0.25) is 4.79 Å². The van der Waals surface area contributed by atoms with Crippen molar-refractivity contribution in [3.05, 3.63) is 28.1 Å². The molecule has 0 unspecified atom stereocenters. The fourth-order valence-electron chi connectivity index (χ4n) is 3.26. The van der Waals surface area contributed by atoms with Gasteiger partial charge in [-0.05, 0) is 34.5 Å². The average molecular weight is 338 g/mol. The molecule has 2 aromatic heterocycles. The number of pyridine rings is 1. The van der Waals surface area contributed by atoms with Gasteiger partial charge in [0.1, 0.15) is 5.60 Å². The van der Waals surface area contributed by atoms with Gasteiger partial charge in [-0.15, -0.1) is 5.10 Å². The predicted octanol–water partition coefficient (Wildman–Crippen LogP) is 1.89. The summed E-state index contributed by atoms with van der Waals surface area (Å²) in [4.78, 5) is 15.8.